The Kier molecular flexibility index (Phi) is 2.75. The maximum atomic E-state index is 11.3. The smallest absolute Gasteiger partial charge is 0.310 e. The minimum absolute atomic E-state index is 0.290. The first-order valence-electron chi connectivity index (χ1n) is 6.05. The van der Waals surface area contributed by atoms with Crippen LogP contribution >= 0.6 is 0 Å². The molecule has 2 unspecified atom stereocenters. The monoisotopic (exact) mass is 211 g/mol. The summed E-state index contributed by atoms with van der Waals surface area (Å²) in [5.74, 6) is 0.202. The van der Waals surface area contributed by atoms with Gasteiger partial charge < -0.3 is 5.11 Å². The summed E-state index contributed by atoms with van der Waals surface area (Å²) < 4.78 is 0. The van der Waals surface area contributed by atoms with Gasteiger partial charge in [0.1, 0.15) is 0 Å². The predicted octanol–water partition coefficient (Wildman–Crippen LogP) is 1.97. The zero-order chi connectivity index (χ0) is 11.1. The van der Waals surface area contributed by atoms with E-state index in [9.17, 15) is 9.90 Å². The first-order chi connectivity index (χ1) is 7.08. The molecule has 0 aromatic rings. The molecule has 1 aliphatic heterocycles. The number of hydrogen-bond donors (Lipinski definition) is 1. The molecular formula is C12H21NO2. The normalized spacial score (nSPS) is 37.9. The highest BCUT2D eigenvalue weighted by Crippen LogP contribution is 2.43. The average Bonchev–Trinajstić information content (AvgIpc) is 2.48. The van der Waals surface area contributed by atoms with Crippen LogP contribution in [0.3, 0.4) is 0 Å². The lowest BCUT2D eigenvalue weighted by Gasteiger charge is -2.47. The second kappa shape index (κ2) is 3.78. The van der Waals surface area contributed by atoms with E-state index < -0.39 is 11.4 Å². The molecule has 2 atom stereocenters. The molecule has 2 fully saturated rings. The van der Waals surface area contributed by atoms with Crippen molar-refractivity contribution in [3.8, 4) is 0 Å². The molecule has 2 aliphatic rings. The molecule has 3 nitrogen and oxygen atoms in total. The van der Waals surface area contributed by atoms with Crippen molar-refractivity contribution in [2.24, 2.45) is 11.3 Å². The maximum absolute atomic E-state index is 11.3. The lowest BCUT2D eigenvalue weighted by molar-refractivity contribution is -0.152. The second-order valence-electron chi connectivity index (χ2n) is 5.36. The van der Waals surface area contributed by atoms with Crippen molar-refractivity contribution in [1.82, 2.24) is 4.90 Å². The molecular weight excluding hydrogens is 190 g/mol. The highest BCUT2D eigenvalue weighted by atomic mass is 16.4. The van der Waals surface area contributed by atoms with Crippen LogP contribution in [0.1, 0.15) is 39.5 Å². The molecule has 1 N–H and O–H groups in total. The third-order valence-corrected chi connectivity index (χ3v) is 4.40. The standard InChI is InChI=1S/C12H21NO2/c1-3-9-7-13(8-9)10-5-4-6-12(10,2)11(14)15/h9-10H,3-8H2,1-2H3,(H,14,15). The highest BCUT2D eigenvalue weighted by Gasteiger charge is 2.50. The molecule has 0 amide bonds. The molecule has 0 aromatic heterocycles. The predicted molar refractivity (Wildman–Crippen MR) is 58.7 cm³/mol. The summed E-state index contributed by atoms with van der Waals surface area (Å²) in [5, 5.41) is 9.31. The summed E-state index contributed by atoms with van der Waals surface area (Å²) in [7, 11) is 0. The summed E-state index contributed by atoms with van der Waals surface area (Å²) in [5.41, 5.74) is -0.487. The van der Waals surface area contributed by atoms with Crippen molar-refractivity contribution >= 4 is 5.97 Å². The first-order valence-corrected chi connectivity index (χ1v) is 6.05. The van der Waals surface area contributed by atoms with Gasteiger partial charge in [0, 0.05) is 19.1 Å². The summed E-state index contributed by atoms with van der Waals surface area (Å²) in [6.07, 6.45) is 4.22. The fourth-order valence-corrected chi connectivity index (χ4v) is 3.11. The number of carboxylic acid groups (broad SMARTS) is 1. The van der Waals surface area contributed by atoms with Crippen LogP contribution in [0.15, 0.2) is 0 Å². The number of hydrogen-bond acceptors (Lipinski definition) is 2. The summed E-state index contributed by atoms with van der Waals surface area (Å²) in [6.45, 7) is 6.37. The van der Waals surface area contributed by atoms with Gasteiger partial charge in [0.25, 0.3) is 0 Å². The Morgan fingerprint density at radius 3 is 2.73 bits per heavy atom. The van der Waals surface area contributed by atoms with Crippen molar-refractivity contribution in [1.29, 1.82) is 0 Å². The van der Waals surface area contributed by atoms with E-state index in [1.165, 1.54) is 6.42 Å². The van der Waals surface area contributed by atoms with E-state index in [0.717, 1.165) is 38.3 Å². The lowest BCUT2D eigenvalue weighted by atomic mass is 9.81. The van der Waals surface area contributed by atoms with E-state index >= 15 is 0 Å². The molecule has 86 valence electrons. The van der Waals surface area contributed by atoms with Gasteiger partial charge in [-0.3, -0.25) is 9.69 Å². The van der Waals surface area contributed by atoms with Crippen molar-refractivity contribution in [2.75, 3.05) is 13.1 Å². The van der Waals surface area contributed by atoms with Gasteiger partial charge in [-0.2, -0.15) is 0 Å². The van der Waals surface area contributed by atoms with Gasteiger partial charge in [0.15, 0.2) is 0 Å². The molecule has 1 aliphatic carbocycles. The number of likely N-dealkylation sites (tertiary alicyclic amines) is 1. The molecule has 2 rings (SSSR count). The van der Waals surface area contributed by atoms with E-state index in [1.54, 1.807) is 0 Å². The summed E-state index contributed by atoms with van der Waals surface area (Å²) >= 11 is 0. The lowest BCUT2D eigenvalue weighted by Crippen LogP contribution is -2.57. The number of carboxylic acids is 1. The van der Waals surface area contributed by atoms with Crippen molar-refractivity contribution in [2.45, 2.75) is 45.6 Å². The minimum Gasteiger partial charge on any atom is -0.481 e. The van der Waals surface area contributed by atoms with Crippen LogP contribution in [0.25, 0.3) is 0 Å². The largest absolute Gasteiger partial charge is 0.481 e. The third kappa shape index (κ3) is 1.67. The number of aliphatic carboxylic acids is 1. The number of nitrogens with zero attached hydrogens (tertiary/aromatic N) is 1. The number of carbonyl (C=O) groups is 1. The Balaban J connectivity index is 2.00. The summed E-state index contributed by atoms with van der Waals surface area (Å²) in [4.78, 5) is 13.7. The van der Waals surface area contributed by atoms with Gasteiger partial charge in [0.05, 0.1) is 5.41 Å². The molecule has 15 heavy (non-hydrogen) atoms. The average molecular weight is 211 g/mol. The van der Waals surface area contributed by atoms with E-state index in [0.29, 0.717) is 0 Å². The van der Waals surface area contributed by atoms with Crippen molar-refractivity contribution < 1.29 is 9.90 Å². The van der Waals surface area contributed by atoms with Gasteiger partial charge >= 0.3 is 5.97 Å². The van der Waals surface area contributed by atoms with E-state index in [1.807, 2.05) is 6.92 Å². The van der Waals surface area contributed by atoms with E-state index in [2.05, 4.69) is 11.8 Å². The molecule has 0 radical (unpaired) electrons. The fourth-order valence-electron chi connectivity index (χ4n) is 3.11. The van der Waals surface area contributed by atoms with Gasteiger partial charge in [-0.15, -0.1) is 0 Å². The Hall–Kier alpha value is -0.570. The Morgan fingerprint density at radius 1 is 1.53 bits per heavy atom. The van der Waals surface area contributed by atoms with Crippen LogP contribution < -0.4 is 0 Å². The molecule has 1 saturated carbocycles. The van der Waals surface area contributed by atoms with Gasteiger partial charge in [-0.1, -0.05) is 19.8 Å². The van der Waals surface area contributed by atoms with Crippen molar-refractivity contribution in [3.63, 3.8) is 0 Å². The van der Waals surface area contributed by atoms with Gasteiger partial charge in [-0.05, 0) is 25.7 Å². The Morgan fingerprint density at radius 2 is 2.20 bits per heavy atom. The van der Waals surface area contributed by atoms with E-state index in [4.69, 9.17) is 0 Å². The van der Waals surface area contributed by atoms with Crippen LogP contribution in [0, 0.1) is 11.3 Å². The molecule has 3 heteroatoms. The second-order valence-corrected chi connectivity index (χ2v) is 5.36. The van der Waals surface area contributed by atoms with Crippen molar-refractivity contribution in [3.05, 3.63) is 0 Å². The minimum atomic E-state index is -0.607. The molecule has 1 heterocycles. The molecule has 1 saturated heterocycles. The van der Waals surface area contributed by atoms with Crippen LogP contribution in [0.5, 0.6) is 0 Å². The molecule has 0 spiro atoms. The zero-order valence-corrected chi connectivity index (χ0v) is 9.70. The molecule has 0 bridgehead atoms. The summed E-state index contributed by atoms with van der Waals surface area (Å²) in [6, 6.07) is 0.290. The van der Waals surface area contributed by atoms with Gasteiger partial charge in [0.2, 0.25) is 0 Å². The van der Waals surface area contributed by atoms with Crippen LogP contribution in [-0.2, 0) is 4.79 Å². The van der Waals surface area contributed by atoms with Crippen LogP contribution in [0.2, 0.25) is 0 Å². The van der Waals surface area contributed by atoms with Gasteiger partial charge in [-0.25, -0.2) is 0 Å². The highest BCUT2D eigenvalue weighted by molar-refractivity contribution is 5.75. The fraction of sp³-hybridized carbons (Fsp3) is 0.917. The van der Waals surface area contributed by atoms with Crippen LogP contribution in [-0.4, -0.2) is 35.1 Å². The number of rotatable bonds is 3. The topological polar surface area (TPSA) is 40.5 Å². The third-order valence-electron chi connectivity index (χ3n) is 4.40. The quantitative estimate of drug-likeness (QED) is 0.776. The Labute approximate surface area is 91.5 Å². The SMILES string of the molecule is CCC1CN(C2CCCC2(C)C(=O)O)C1. The zero-order valence-electron chi connectivity index (χ0n) is 9.70. The maximum Gasteiger partial charge on any atom is 0.310 e. The Bertz CT molecular complexity index is 260. The van der Waals surface area contributed by atoms with Crippen LogP contribution in [0.4, 0.5) is 0 Å². The first kappa shape index (κ1) is 10.9. The van der Waals surface area contributed by atoms with E-state index in [-0.39, 0.29) is 6.04 Å². The molecule has 0 aromatic carbocycles.